The normalized spacial score (nSPS) is 11.2. The molecule has 0 unspecified atom stereocenters. The van der Waals surface area contributed by atoms with Crippen LogP contribution in [0, 0.1) is 0 Å². The van der Waals surface area contributed by atoms with E-state index in [2.05, 4.69) is 4.72 Å². The first kappa shape index (κ1) is 23.4. The summed E-state index contributed by atoms with van der Waals surface area (Å²) < 4.78 is 27.9. The first-order chi connectivity index (χ1) is 16.4. The molecule has 1 amide bonds. The Labute approximate surface area is 200 Å². The van der Waals surface area contributed by atoms with Crippen molar-refractivity contribution in [3.05, 3.63) is 126 Å². The van der Waals surface area contributed by atoms with E-state index in [1.165, 1.54) is 0 Å². The second-order valence-corrected chi connectivity index (χ2v) is 9.83. The van der Waals surface area contributed by atoms with Gasteiger partial charge in [-0.3, -0.25) is 4.79 Å². The fourth-order valence-electron chi connectivity index (χ4n) is 3.64. The SMILES string of the molecule is CN(Cc1ccccc1)C(=O)c1ccc(-c2ccc(S(=O)(=O)NCc3ccccc3)cc2)cc1. The average molecular weight is 471 g/mol. The zero-order valence-corrected chi connectivity index (χ0v) is 19.7. The van der Waals surface area contributed by atoms with Crippen molar-refractivity contribution in [1.82, 2.24) is 9.62 Å². The molecule has 0 aliphatic carbocycles. The van der Waals surface area contributed by atoms with E-state index in [1.807, 2.05) is 72.8 Å². The molecule has 0 aliphatic rings. The summed E-state index contributed by atoms with van der Waals surface area (Å²) in [5, 5.41) is 0. The minimum absolute atomic E-state index is 0.0543. The lowest BCUT2D eigenvalue weighted by atomic mass is 10.0. The van der Waals surface area contributed by atoms with E-state index in [0.717, 1.165) is 22.3 Å². The van der Waals surface area contributed by atoms with Crippen molar-refractivity contribution in [2.75, 3.05) is 7.05 Å². The monoisotopic (exact) mass is 470 g/mol. The number of amides is 1. The van der Waals surface area contributed by atoms with Gasteiger partial charge in [-0.1, -0.05) is 84.9 Å². The van der Waals surface area contributed by atoms with Crippen LogP contribution in [0.3, 0.4) is 0 Å². The Morgan fingerprint density at radius 1 is 0.706 bits per heavy atom. The molecule has 0 atom stereocenters. The van der Waals surface area contributed by atoms with E-state index in [0.29, 0.717) is 12.1 Å². The third kappa shape index (κ3) is 5.78. The average Bonchev–Trinajstić information content (AvgIpc) is 2.88. The lowest BCUT2D eigenvalue weighted by molar-refractivity contribution is 0.0785. The number of sulfonamides is 1. The zero-order valence-electron chi connectivity index (χ0n) is 18.9. The third-order valence-corrected chi connectivity index (χ3v) is 6.97. The Morgan fingerprint density at radius 2 is 1.21 bits per heavy atom. The molecule has 0 radical (unpaired) electrons. The van der Waals surface area contributed by atoms with Gasteiger partial charge < -0.3 is 4.90 Å². The standard InChI is InChI=1S/C28H26N2O3S/c1-30(21-23-10-6-3-7-11-23)28(31)26-14-12-24(13-15-26)25-16-18-27(19-17-25)34(32,33)29-20-22-8-4-2-5-9-22/h2-19,29H,20-21H2,1H3. The zero-order chi connectivity index (χ0) is 24.0. The fraction of sp³-hybridized carbons (Fsp3) is 0.107. The molecule has 172 valence electrons. The van der Waals surface area contributed by atoms with Gasteiger partial charge in [0.15, 0.2) is 0 Å². The highest BCUT2D eigenvalue weighted by Crippen LogP contribution is 2.22. The third-order valence-electron chi connectivity index (χ3n) is 5.55. The molecule has 0 aromatic heterocycles. The summed E-state index contributed by atoms with van der Waals surface area (Å²) in [7, 11) is -1.83. The lowest BCUT2D eigenvalue weighted by Gasteiger charge is -2.17. The van der Waals surface area contributed by atoms with Gasteiger partial charge in [0.2, 0.25) is 10.0 Å². The van der Waals surface area contributed by atoms with Crippen LogP contribution in [0.4, 0.5) is 0 Å². The maximum Gasteiger partial charge on any atom is 0.253 e. The summed E-state index contributed by atoms with van der Waals surface area (Å²) in [6.45, 7) is 0.773. The lowest BCUT2D eigenvalue weighted by Crippen LogP contribution is -2.26. The summed E-state index contributed by atoms with van der Waals surface area (Å²) in [6, 6.07) is 33.3. The van der Waals surface area contributed by atoms with Gasteiger partial charge >= 0.3 is 0 Å². The van der Waals surface area contributed by atoms with Crippen LogP contribution >= 0.6 is 0 Å². The van der Waals surface area contributed by atoms with E-state index >= 15 is 0 Å². The Bertz CT molecular complexity index is 1340. The first-order valence-corrected chi connectivity index (χ1v) is 12.4. The molecule has 0 heterocycles. The van der Waals surface area contributed by atoms with Crippen molar-refractivity contribution < 1.29 is 13.2 Å². The second kappa shape index (κ2) is 10.5. The minimum Gasteiger partial charge on any atom is -0.337 e. The van der Waals surface area contributed by atoms with Crippen LogP contribution in [0.1, 0.15) is 21.5 Å². The highest BCUT2D eigenvalue weighted by atomic mass is 32.2. The van der Waals surface area contributed by atoms with E-state index in [4.69, 9.17) is 0 Å². The maximum atomic E-state index is 12.8. The van der Waals surface area contributed by atoms with Crippen LogP contribution in [0.5, 0.6) is 0 Å². The molecule has 0 spiro atoms. The van der Waals surface area contributed by atoms with Crippen molar-refractivity contribution in [3.8, 4) is 11.1 Å². The Kier molecular flexibility index (Phi) is 7.21. The fourth-order valence-corrected chi connectivity index (χ4v) is 4.66. The number of nitrogens with one attached hydrogen (secondary N) is 1. The smallest absolute Gasteiger partial charge is 0.253 e. The molecule has 0 bridgehead atoms. The Morgan fingerprint density at radius 3 is 1.76 bits per heavy atom. The number of hydrogen-bond donors (Lipinski definition) is 1. The predicted octanol–water partition coefficient (Wildman–Crippen LogP) is 5.10. The number of nitrogens with zero attached hydrogens (tertiary/aromatic N) is 1. The number of carbonyl (C=O) groups excluding carboxylic acids is 1. The van der Waals surface area contributed by atoms with Gasteiger partial charge in [0.25, 0.3) is 5.91 Å². The van der Waals surface area contributed by atoms with Crippen molar-refractivity contribution in [1.29, 1.82) is 0 Å². The minimum atomic E-state index is -3.61. The van der Waals surface area contributed by atoms with Gasteiger partial charge in [0, 0.05) is 25.7 Å². The van der Waals surface area contributed by atoms with E-state index in [1.54, 1.807) is 48.3 Å². The van der Waals surface area contributed by atoms with Crippen LogP contribution in [0.15, 0.2) is 114 Å². The molecular formula is C28H26N2O3S. The summed E-state index contributed by atoms with van der Waals surface area (Å²) >= 11 is 0. The topological polar surface area (TPSA) is 66.5 Å². The van der Waals surface area contributed by atoms with Gasteiger partial charge in [-0.2, -0.15) is 0 Å². The molecule has 4 aromatic rings. The second-order valence-electron chi connectivity index (χ2n) is 8.06. The quantitative estimate of drug-likeness (QED) is 0.389. The number of benzene rings is 4. The van der Waals surface area contributed by atoms with Gasteiger partial charge in [-0.15, -0.1) is 0 Å². The molecule has 0 saturated carbocycles. The van der Waals surface area contributed by atoms with Crippen LogP contribution < -0.4 is 4.72 Å². The van der Waals surface area contributed by atoms with Crippen LogP contribution in [-0.4, -0.2) is 26.3 Å². The molecular weight excluding hydrogens is 444 g/mol. The van der Waals surface area contributed by atoms with E-state index in [-0.39, 0.29) is 17.3 Å². The maximum absolute atomic E-state index is 12.8. The first-order valence-electron chi connectivity index (χ1n) is 11.0. The van der Waals surface area contributed by atoms with Crippen molar-refractivity contribution in [3.63, 3.8) is 0 Å². The van der Waals surface area contributed by atoms with Gasteiger partial charge in [0.1, 0.15) is 0 Å². The summed E-state index contributed by atoms with van der Waals surface area (Å²) in [6.07, 6.45) is 0. The van der Waals surface area contributed by atoms with Crippen LogP contribution in [0.2, 0.25) is 0 Å². The van der Waals surface area contributed by atoms with Crippen molar-refractivity contribution in [2.24, 2.45) is 0 Å². The molecule has 0 fully saturated rings. The van der Waals surface area contributed by atoms with Crippen molar-refractivity contribution >= 4 is 15.9 Å². The molecule has 1 N–H and O–H groups in total. The molecule has 0 aliphatic heterocycles. The summed E-state index contributed by atoms with van der Waals surface area (Å²) in [4.78, 5) is 14.7. The number of hydrogen-bond acceptors (Lipinski definition) is 3. The van der Waals surface area contributed by atoms with Crippen molar-refractivity contribution in [2.45, 2.75) is 18.0 Å². The van der Waals surface area contributed by atoms with Crippen LogP contribution in [-0.2, 0) is 23.1 Å². The summed E-state index contributed by atoms with van der Waals surface area (Å²) in [5.74, 6) is -0.0543. The van der Waals surface area contributed by atoms with Gasteiger partial charge in [-0.25, -0.2) is 13.1 Å². The largest absolute Gasteiger partial charge is 0.337 e. The molecule has 4 aromatic carbocycles. The highest BCUT2D eigenvalue weighted by molar-refractivity contribution is 7.89. The van der Waals surface area contributed by atoms with Gasteiger partial charge in [0.05, 0.1) is 4.90 Å². The molecule has 4 rings (SSSR count). The highest BCUT2D eigenvalue weighted by Gasteiger charge is 2.15. The van der Waals surface area contributed by atoms with Gasteiger partial charge in [-0.05, 0) is 46.5 Å². The number of carbonyl (C=O) groups is 1. The predicted molar refractivity (Wildman–Crippen MR) is 135 cm³/mol. The molecule has 5 nitrogen and oxygen atoms in total. The number of rotatable bonds is 8. The summed E-state index contributed by atoms with van der Waals surface area (Å²) in [5.41, 5.74) is 4.35. The Hall–Kier alpha value is -3.74. The Balaban J connectivity index is 1.41. The van der Waals surface area contributed by atoms with E-state index < -0.39 is 10.0 Å². The van der Waals surface area contributed by atoms with Crippen LogP contribution in [0.25, 0.3) is 11.1 Å². The molecule has 6 heteroatoms. The molecule has 0 saturated heterocycles. The van der Waals surface area contributed by atoms with E-state index in [9.17, 15) is 13.2 Å². The molecule has 34 heavy (non-hydrogen) atoms.